The zero-order valence-corrected chi connectivity index (χ0v) is 22.5. The lowest BCUT2D eigenvalue weighted by Crippen LogP contribution is -2.40. The summed E-state index contributed by atoms with van der Waals surface area (Å²) in [5, 5.41) is 0.486. The number of terminal acetylenes is 1. The van der Waals surface area contributed by atoms with Crippen LogP contribution in [0.2, 0.25) is 5.02 Å². The van der Waals surface area contributed by atoms with Crippen LogP contribution < -0.4 is 19.6 Å². The second-order valence-electron chi connectivity index (χ2n) is 8.52. The fourth-order valence-corrected chi connectivity index (χ4v) is 5.59. The van der Waals surface area contributed by atoms with Gasteiger partial charge in [0.15, 0.2) is 4.80 Å². The lowest BCUT2D eigenvalue weighted by atomic mass is 9.93. The third-order valence-corrected chi connectivity index (χ3v) is 7.28. The van der Waals surface area contributed by atoms with Crippen molar-refractivity contribution in [2.24, 2.45) is 4.99 Å². The number of thiazole rings is 1. The van der Waals surface area contributed by atoms with Crippen molar-refractivity contribution >= 4 is 40.7 Å². The first-order valence-electron chi connectivity index (χ1n) is 12.2. The predicted molar refractivity (Wildman–Crippen MR) is 153 cm³/mol. The molecule has 5 rings (SSSR count). The molecule has 0 saturated heterocycles. The van der Waals surface area contributed by atoms with Crippen molar-refractivity contribution in [2.75, 3.05) is 13.2 Å². The number of esters is 1. The molecule has 1 aliphatic heterocycles. The van der Waals surface area contributed by atoms with E-state index in [4.69, 9.17) is 32.5 Å². The lowest BCUT2D eigenvalue weighted by Gasteiger charge is -2.25. The van der Waals surface area contributed by atoms with Crippen LogP contribution in [0, 0.1) is 12.3 Å². The largest absolute Gasteiger partial charge is 0.480 e. The summed E-state index contributed by atoms with van der Waals surface area (Å²) in [6, 6.07) is 23.2. The van der Waals surface area contributed by atoms with Crippen molar-refractivity contribution in [3.63, 3.8) is 0 Å². The summed E-state index contributed by atoms with van der Waals surface area (Å²) in [4.78, 5) is 32.7. The molecule has 0 N–H and O–H groups in total. The zero-order valence-electron chi connectivity index (χ0n) is 21.0. The smallest absolute Gasteiger partial charge is 0.338 e. The number of ether oxygens (including phenoxy) is 2. The minimum Gasteiger partial charge on any atom is -0.480 e. The molecule has 8 heteroatoms. The van der Waals surface area contributed by atoms with E-state index in [9.17, 15) is 9.59 Å². The lowest BCUT2D eigenvalue weighted by molar-refractivity contribution is -0.138. The highest BCUT2D eigenvalue weighted by Crippen LogP contribution is 2.35. The van der Waals surface area contributed by atoms with Crippen LogP contribution in [-0.4, -0.2) is 23.8 Å². The highest BCUT2D eigenvalue weighted by atomic mass is 35.5. The first-order chi connectivity index (χ1) is 19.0. The van der Waals surface area contributed by atoms with Crippen LogP contribution in [0.3, 0.4) is 0 Å². The standard InChI is InChI=1S/C31H23ClN2O4S/c1-3-17-38-24-16-15-23(32)18-22(24)19-25-29(35)34-28(21-13-9-6-10-14-21)26(30(36)37-4-2)27(33-31(34)39-25)20-11-7-5-8-12-20/h1,5-16,18-19,28H,4,17H2,2H3/b25-19-/t28-/m1/s1. The normalized spacial score (nSPS) is 14.8. The molecule has 0 radical (unpaired) electrons. The number of fused-ring (bicyclic) bond motifs is 1. The highest BCUT2D eigenvalue weighted by molar-refractivity contribution is 7.07. The van der Waals surface area contributed by atoms with Crippen molar-refractivity contribution < 1.29 is 14.3 Å². The van der Waals surface area contributed by atoms with Gasteiger partial charge in [0.1, 0.15) is 12.4 Å². The van der Waals surface area contributed by atoms with Gasteiger partial charge in [0.2, 0.25) is 0 Å². The van der Waals surface area contributed by atoms with E-state index in [1.807, 2.05) is 60.7 Å². The van der Waals surface area contributed by atoms with Crippen LogP contribution in [0.1, 0.15) is 29.7 Å². The number of carbonyl (C=O) groups is 1. The maximum atomic E-state index is 14.0. The van der Waals surface area contributed by atoms with Gasteiger partial charge in [0.25, 0.3) is 5.56 Å². The molecule has 0 spiro atoms. The Labute approximate surface area is 234 Å². The van der Waals surface area contributed by atoms with Gasteiger partial charge in [0, 0.05) is 16.1 Å². The van der Waals surface area contributed by atoms with Crippen molar-refractivity contribution in [3.8, 4) is 18.1 Å². The van der Waals surface area contributed by atoms with Gasteiger partial charge in [-0.15, -0.1) is 6.42 Å². The Kier molecular flexibility index (Phi) is 7.78. The van der Waals surface area contributed by atoms with Crippen molar-refractivity contribution in [1.82, 2.24) is 4.57 Å². The van der Waals surface area contributed by atoms with Gasteiger partial charge in [-0.3, -0.25) is 9.36 Å². The van der Waals surface area contributed by atoms with E-state index in [1.54, 1.807) is 35.8 Å². The van der Waals surface area contributed by atoms with Crippen molar-refractivity contribution in [1.29, 1.82) is 0 Å². The molecule has 1 atom stereocenters. The third-order valence-electron chi connectivity index (χ3n) is 6.06. The molecule has 0 amide bonds. The molecule has 6 nitrogen and oxygen atoms in total. The van der Waals surface area contributed by atoms with E-state index in [1.165, 1.54) is 11.3 Å². The number of hydrogen-bond donors (Lipinski definition) is 0. The molecule has 0 bridgehead atoms. The van der Waals surface area contributed by atoms with Crippen LogP contribution in [-0.2, 0) is 9.53 Å². The first kappa shape index (κ1) is 26.2. The molecule has 3 aromatic carbocycles. The Hall–Kier alpha value is -4.38. The molecule has 0 aliphatic carbocycles. The van der Waals surface area contributed by atoms with E-state index >= 15 is 0 Å². The summed E-state index contributed by atoms with van der Waals surface area (Å²) in [5.41, 5.74) is 2.58. The molecular weight excluding hydrogens is 532 g/mol. The quantitative estimate of drug-likeness (QED) is 0.247. The van der Waals surface area contributed by atoms with Gasteiger partial charge in [-0.05, 0) is 36.8 Å². The summed E-state index contributed by atoms with van der Waals surface area (Å²) in [6.07, 6.45) is 7.08. The Bertz CT molecular complexity index is 1780. The van der Waals surface area contributed by atoms with Gasteiger partial charge in [-0.25, -0.2) is 9.79 Å². The molecule has 1 aliphatic rings. The number of rotatable bonds is 7. The number of carbonyl (C=O) groups excluding carboxylic acids is 1. The summed E-state index contributed by atoms with van der Waals surface area (Å²) in [5.74, 6) is 2.42. The monoisotopic (exact) mass is 554 g/mol. The Balaban J connectivity index is 1.80. The summed E-state index contributed by atoms with van der Waals surface area (Å²) in [6.45, 7) is 2.00. The summed E-state index contributed by atoms with van der Waals surface area (Å²) >= 11 is 7.48. The molecule has 1 aromatic heterocycles. The molecule has 0 unspecified atom stereocenters. The SMILES string of the molecule is C#CCOc1ccc(Cl)cc1/C=c1\sc2n(c1=O)[C@H](c1ccccc1)C(C(=O)OCC)=C(c1ccccc1)N=2. The minimum absolute atomic E-state index is 0.0705. The van der Waals surface area contributed by atoms with Crippen molar-refractivity contribution in [3.05, 3.63) is 126 Å². The average Bonchev–Trinajstić information content (AvgIpc) is 3.27. The molecule has 39 heavy (non-hydrogen) atoms. The number of halogens is 1. The number of nitrogens with zero attached hydrogens (tertiary/aromatic N) is 2. The second kappa shape index (κ2) is 11.6. The van der Waals surface area contributed by atoms with Crippen molar-refractivity contribution in [2.45, 2.75) is 13.0 Å². The molecular formula is C31H23ClN2O4S. The van der Waals surface area contributed by atoms with E-state index in [-0.39, 0.29) is 18.8 Å². The molecule has 0 saturated carbocycles. The minimum atomic E-state index is -0.740. The van der Waals surface area contributed by atoms with Crippen LogP contribution >= 0.6 is 22.9 Å². The number of benzene rings is 3. The molecule has 4 aromatic rings. The Morgan fingerprint density at radius 3 is 2.54 bits per heavy atom. The predicted octanol–water partition coefficient (Wildman–Crippen LogP) is 4.60. The Morgan fingerprint density at radius 1 is 1.13 bits per heavy atom. The van der Waals surface area contributed by atoms with Gasteiger partial charge in [-0.1, -0.05) is 89.5 Å². The van der Waals surface area contributed by atoms with Crippen LogP contribution in [0.5, 0.6) is 5.75 Å². The van der Waals surface area contributed by atoms with Crippen LogP contribution in [0.25, 0.3) is 11.8 Å². The van der Waals surface area contributed by atoms with Gasteiger partial charge >= 0.3 is 5.97 Å². The van der Waals surface area contributed by atoms with E-state index in [0.29, 0.717) is 36.9 Å². The summed E-state index contributed by atoms with van der Waals surface area (Å²) in [7, 11) is 0. The average molecular weight is 555 g/mol. The molecule has 2 heterocycles. The fraction of sp³-hybridized carbons (Fsp3) is 0.129. The summed E-state index contributed by atoms with van der Waals surface area (Å²) < 4.78 is 13.1. The fourth-order valence-electron chi connectivity index (χ4n) is 4.42. The van der Waals surface area contributed by atoms with Crippen LogP contribution in [0.15, 0.2) is 94.2 Å². The van der Waals surface area contributed by atoms with E-state index in [0.717, 1.165) is 11.1 Å². The highest BCUT2D eigenvalue weighted by Gasteiger charge is 2.35. The van der Waals surface area contributed by atoms with Gasteiger partial charge in [-0.2, -0.15) is 0 Å². The van der Waals surface area contributed by atoms with Crippen LogP contribution in [0.4, 0.5) is 0 Å². The Morgan fingerprint density at radius 2 is 1.85 bits per heavy atom. The maximum absolute atomic E-state index is 14.0. The van der Waals surface area contributed by atoms with Gasteiger partial charge < -0.3 is 9.47 Å². The van der Waals surface area contributed by atoms with E-state index in [2.05, 4.69) is 5.92 Å². The third kappa shape index (κ3) is 5.30. The topological polar surface area (TPSA) is 69.9 Å². The molecule has 0 fully saturated rings. The maximum Gasteiger partial charge on any atom is 0.338 e. The number of aromatic nitrogens is 1. The number of hydrogen-bond acceptors (Lipinski definition) is 6. The zero-order chi connectivity index (χ0) is 27.4. The second-order valence-corrected chi connectivity index (χ2v) is 9.96. The molecule has 194 valence electrons. The first-order valence-corrected chi connectivity index (χ1v) is 13.4. The van der Waals surface area contributed by atoms with E-state index < -0.39 is 12.0 Å². The van der Waals surface area contributed by atoms with Gasteiger partial charge in [0.05, 0.1) is 28.5 Å².